The second kappa shape index (κ2) is 2.43. The van der Waals surface area contributed by atoms with E-state index in [2.05, 4.69) is 20.9 Å². The van der Waals surface area contributed by atoms with Gasteiger partial charge in [0.15, 0.2) is 0 Å². The summed E-state index contributed by atoms with van der Waals surface area (Å²) in [5.41, 5.74) is 0.690. The van der Waals surface area contributed by atoms with E-state index in [1.54, 1.807) is 6.92 Å². The highest BCUT2D eigenvalue weighted by Crippen LogP contribution is 2.12. The molecule has 0 aliphatic heterocycles. The van der Waals surface area contributed by atoms with Crippen LogP contribution in [0.4, 0.5) is 4.39 Å². The van der Waals surface area contributed by atoms with E-state index in [4.69, 9.17) is 0 Å². The van der Waals surface area contributed by atoms with Gasteiger partial charge in [0.25, 0.3) is 0 Å². The minimum absolute atomic E-state index is 0.262. The summed E-state index contributed by atoms with van der Waals surface area (Å²) in [5.74, 6) is -0.262. The summed E-state index contributed by atoms with van der Waals surface area (Å²) < 4.78 is 12.9. The zero-order valence-electron chi connectivity index (χ0n) is 4.86. The number of hydrogen-bond donors (Lipinski definition) is 0. The van der Waals surface area contributed by atoms with Gasteiger partial charge >= 0.3 is 0 Å². The van der Waals surface area contributed by atoms with Crippen molar-refractivity contribution in [3.8, 4) is 0 Å². The molecule has 3 heteroatoms. The third kappa shape index (κ3) is 1.48. The van der Waals surface area contributed by atoms with Crippen LogP contribution in [0.3, 0.4) is 0 Å². The number of pyridine rings is 1. The van der Waals surface area contributed by atoms with Crippen LogP contribution in [0.25, 0.3) is 0 Å². The Kier molecular flexibility index (Phi) is 1.81. The topological polar surface area (TPSA) is 12.9 Å². The normalized spacial score (nSPS) is 9.67. The summed E-state index contributed by atoms with van der Waals surface area (Å²) in [6.45, 7) is 1.75. The fourth-order valence-corrected chi connectivity index (χ4v) is 0.727. The van der Waals surface area contributed by atoms with E-state index in [-0.39, 0.29) is 5.82 Å². The Hall–Kier alpha value is -0.440. The molecule has 1 aromatic heterocycles. The third-order valence-corrected chi connectivity index (χ3v) is 1.53. The van der Waals surface area contributed by atoms with Crippen molar-refractivity contribution >= 4 is 15.9 Å². The highest BCUT2D eigenvalue weighted by molar-refractivity contribution is 9.10. The van der Waals surface area contributed by atoms with E-state index >= 15 is 0 Å². The van der Waals surface area contributed by atoms with Crippen molar-refractivity contribution in [2.45, 2.75) is 6.92 Å². The maximum Gasteiger partial charge on any atom is 0.140 e. The van der Waals surface area contributed by atoms with Crippen LogP contribution >= 0.6 is 15.9 Å². The quantitative estimate of drug-likeness (QED) is 0.611. The van der Waals surface area contributed by atoms with E-state index in [1.807, 2.05) is 0 Å². The van der Waals surface area contributed by atoms with E-state index in [9.17, 15) is 4.39 Å². The fraction of sp³-hybridized carbons (Fsp3) is 0.167. The Labute approximate surface area is 61.0 Å². The molecule has 0 aromatic carbocycles. The Morgan fingerprint density at radius 2 is 2.33 bits per heavy atom. The molecule has 1 aromatic rings. The second-order valence-corrected chi connectivity index (χ2v) is 2.59. The molecule has 0 bridgehead atoms. The van der Waals surface area contributed by atoms with Gasteiger partial charge < -0.3 is 0 Å². The molecule has 0 spiro atoms. The van der Waals surface area contributed by atoms with E-state index < -0.39 is 0 Å². The minimum atomic E-state index is -0.262. The molecule has 1 rings (SSSR count). The third-order valence-electron chi connectivity index (χ3n) is 0.945. The van der Waals surface area contributed by atoms with Crippen LogP contribution in [-0.4, -0.2) is 4.98 Å². The molecule has 48 valence electrons. The number of aryl methyl sites for hydroxylation is 1. The lowest BCUT2D eigenvalue weighted by Gasteiger charge is -1.92. The van der Waals surface area contributed by atoms with Gasteiger partial charge in [0.1, 0.15) is 5.82 Å². The first-order valence-electron chi connectivity index (χ1n) is 2.48. The SMILES string of the molecule is Cc1cc(F)c(Br)cn1. The summed E-state index contributed by atoms with van der Waals surface area (Å²) >= 11 is 2.99. The fourth-order valence-electron chi connectivity index (χ4n) is 0.510. The first-order chi connectivity index (χ1) is 4.20. The smallest absolute Gasteiger partial charge is 0.140 e. The molecule has 1 nitrogen and oxygen atoms in total. The average Bonchev–Trinajstić information content (AvgIpc) is 1.80. The monoisotopic (exact) mass is 189 g/mol. The molecular formula is C6H5BrFN. The first kappa shape index (κ1) is 6.68. The zero-order valence-corrected chi connectivity index (χ0v) is 6.44. The Balaban J connectivity index is 3.17. The van der Waals surface area contributed by atoms with Crippen molar-refractivity contribution in [2.75, 3.05) is 0 Å². The lowest BCUT2D eigenvalue weighted by molar-refractivity contribution is 0.616. The second-order valence-electron chi connectivity index (χ2n) is 1.74. The van der Waals surface area contributed by atoms with Crippen molar-refractivity contribution in [2.24, 2.45) is 0 Å². The van der Waals surface area contributed by atoms with Crippen molar-refractivity contribution in [1.82, 2.24) is 4.98 Å². The highest BCUT2D eigenvalue weighted by atomic mass is 79.9. The lowest BCUT2D eigenvalue weighted by atomic mass is 10.4. The molecule has 0 radical (unpaired) electrons. The van der Waals surface area contributed by atoms with Gasteiger partial charge in [-0.15, -0.1) is 0 Å². The van der Waals surface area contributed by atoms with Crippen molar-refractivity contribution in [3.63, 3.8) is 0 Å². The zero-order chi connectivity index (χ0) is 6.85. The molecule has 0 N–H and O–H groups in total. The molecule has 0 amide bonds. The molecule has 0 fully saturated rings. The van der Waals surface area contributed by atoms with Gasteiger partial charge in [-0.1, -0.05) is 0 Å². The molecule has 0 atom stereocenters. The van der Waals surface area contributed by atoms with Gasteiger partial charge in [-0.3, -0.25) is 4.98 Å². The summed E-state index contributed by atoms with van der Waals surface area (Å²) in [6, 6.07) is 1.38. The number of aromatic nitrogens is 1. The maximum absolute atomic E-state index is 12.5. The van der Waals surface area contributed by atoms with Crippen LogP contribution in [0, 0.1) is 12.7 Å². The summed E-state index contributed by atoms with van der Waals surface area (Å²) in [7, 11) is 0. The molecule has 0 saturated carbocycles. The van der Waals surface area contributed by atoms with Gasteiger partial charge in [0.2, 0.25) is 0 Å². The predicted molar refractivity (Wildman–Crippen MR) is 36.6 cm³/mol. The Morgan fingerprint density at radius 1 is 1.67 bits per heavy atom. The standard InChI is InChI=1S/C6H5BrFN/c1-4-2-6(8)5(7)3-9-4/h2-3H,1H3. The van der Waals surface area contributed by atoms with Crippen LogP contribution in [0.2, 0.25) is 0 Å². The largest absolute Gasteiger partial charge is 0.260 e. The van der Waals surface area contributed by atoms with E-state index in [1.165, 1.54) is 12.3 Å². The number of rotatable bonds is 0. The van der Waals surface area contributed by atoms with Crippen LogP contribution < -0.4 is 0 Å². The predicted octanol–water partition coefficient (Wildman–Crippen LogP) is 2.29. The van der Waals surface area contributed by atoms with Crippen LogP contribution in [0.5, 0.6) is 0 Å². The molecule has 0 saturated heterocycles. The number of nitrogens with zero attached hydrogens (tertiary/aromatic N) is 1. The average molecular weight is 190 g/mol. The molecule has 1 heterocycles. The Morgan fingerprint density at radius 3 is 2.78 bits per heavy atom. The highest BCUT2D eigenvalue weighted by Gasteiger charge is 1.96. The van der Waals surface area contributed by atoms with Crippen molar-refractivity contribution in [1.29, 1.82) is 0 Å². The summed E-state index contributed by atoms with van der Waals surface area (Å²) in [4.78, 5) is 3.85. The Bertz CT molecular complexity index is 224. The van der Waals surface area contributed by atoms with Crippen LogP contribution in [0.15, 0.2) is 16.7 Å². The lowest BCUT2D eigenvalue weighted by Crippen LogP contribution is -1.83. The molecule has 0 aliphatic rings. The molecular weight excluding hydrogens is 185 g/mol. The first-order valence-corrected chi connectivity index (χ1v) is 3.27. The van der Waals surface area contributed by atoms with Gasteiger partial charge in [0, 0.05) is 11.9 Å². The molecule has 0 unspecified atom stereocenters. The summed E-state index contributed by atoms with van der Waals surface area (Å²) in [6.07, 6.45) is 1.45. The molecule has 0 aliphatic carbocycles. The van der Waals surface area contributed by atoms with Crippen LogP contribution in [0.1, 0.15) is 5.69 Å². The van der Waals surface area contributed by atoms with E-state index in [0.717, 1.165) is 0 Å². The maximum atomic E-state index is 12.5. The van der Waals surface area contributed by atoms with Crippen molar-refractivity contribution < 1.29 is 4.39 Å². The van der Waals surface area contributed by atoms with Gasteiger partial charge in [-0.25, -0.2) is 4.39 Å². The van der Waals surface area contributed by atoms with Crippen LogP contribution in [-0.2, 0) is 0 Å². The van der Waals surface area contributed by atoms with Gasteiger partial charge in [0.05, 0.1) is 4.47 Å². The number of halogens is 2. The molecule has 9 heavy (non-hydrogen) atoms. The summed E-state index contributed by atoms with van der Waals surface area (Å²) in [5, 5.41) is 0. The number of hydrogen-bond acceptors (Lipinski definition) is 1. The van der Waals surface area contributed by atoms with Gasteiger partial charge in [-0.05, 0) is 28.9 Å². The van der Waals surface area contributed by atoms with E-state index in [0.29, 0.717) is 10.2 Å². The minimum Gasteiger partial charge on any atom is -0.260 e. The van der Waals surface area contributed by atoms with Gasteiger partial charge in [-0.2, -0.15) is 0 Å². The van der Waals surface area contributed by atoms with Crippen molar-refractivity contribution in [3.05, 3.63) is 28.2 Å².